The van der Waals surface area contributed by atoms with Crippen LogP contribution in [0.4, 0.5) is 0 Å². The SMILES string of the molecule is C[C@@H]1CCCC[C@H]1NC(=O)COC(=O)/C=C/c1ccc(Br)o1. The Labute approximate surface area is 138 Å². The predicted molar refractivity (Wildman–Crippen MR) is 86.0 cm³/mol. The second-order valence-electron chi connectivity index (χ2n) is 5.52. The van der Waals surface area contributed by atoms with Crippen LogP contribution in [0.3, 0.4) is 0 Å². The molecule has 1 aliphatic carbocycles. The van der Waals surface area contributed by atoms with E-state index in [4.69, 9.17) is 9.15 Å². The monoisotopic (exact) mass is 369 g/mol. The maximum atomic E-state index is 11.8. The van der Waals surface area contributed by atoms with Crippen molar-refractivity contribution in [2.45, 2.75) is 38.6 Å². The van der Waals surface area contributed by atoms with E-state index in [-0.39, 0.29) is 18.6 Å². The van der Waals surface area contributed by atoms with Crippen LogP contribution in [0.25, 0.3) is 6.08 Å². The summed E-state index contributed by atoms with van der Waals surface area (Å²) in [6.45, 7) is 1.88. The number of rotatable bonds is 5. The molecule has 0 unspecified atom stereocenters. The van der Waals surface area contributed by atoms with Crippen molar-refractivity contribution in [2.75, 3.05) is 6.61 Å². The molecule has 1 heterocycles. The molecule has 1 aliphatic rings. The molecule has 1 N–H and O–H groups in total. The molecule has 22 heavy (non-hydrogen) atoms. The first-order chi connectivity index (χ1) is 10.5. The van der Waals surface area contributed by atoms with E-state index in [0.717, 1.165) is 19.3 Å². The van der Waals surface area contributed by atoms with Crippen LogP contribution >= 0.6 is 15.9 Å². The van der Waals surface area contributed by atoms with Gasteiger partial charge >= 0.3 is 5.97 Å². The number of esters is 1. The van der Waals surface area contributed by atoms with Gasteiger partial charge in [-0.25, -0.2) is 4.79 Å². The Morgan fingerprint density at radius 1 is 1.41 bits per heavy atom. The van der Waals surface area contributed by atoms with Gasteiger partial charge in [0.1, 0.15) is 5.76 Å². The van der Waals surface area contributed by atoms with E-state index in [0.29, 0.717) is 16.3 Å². The normalized spacial score (nSPS) is 21.7. The van der Waals surface area contributed by atoms with E-state index in [9.17, 15) is 9.59 Å². The van der Waals surface area contributed by atoms with E-state index in [2.05, 4.69) is 28.2 Å². The second-order valence-corrected chi connectivity index (χ2v) is 6.30. The van der Waals surface area contributed by atoms with Crippen LogP contribution in [-0.4, -0.2) is 24.5 Å². The Hall–Kier alpha value is -1.56. The van der Waals surface area contributed by atoms with E-state index in [1.54, 1.807) is 12.1 Å². The highest BCUT2D eigenvalue weighted by Crippen LogP contribution is 2.23. The van der Waals surface area contributed by atoms with Gasteiger partial charge in [0.2, 0.25) is 0 Å². The predicted octanol–water partition coefficient (Wildman–Crippen LogP) is 3.29. The van der Waals surface area contributed by atoms with Crippen LogP contribution < -0.4 is 5.32 Å². The number of nitrogens with one attached hydrogen (secondary N) is 1. The minimum atomic E-state index is -0.570. The lowest BCUT2D eigenvalue weighted by molar-refractivity contribution is -0.144. The van der Waals surface area contributed by atoms with Crippen LogP contribution in [0.15, 0.2) is 27.3 Å². The standard InChI is InChI=1S/C16H20BrNO4/c1-11-4-2-3-5-13(11)18-15(19)10-21-16(20)9-7-12-6-8-14(17)22-12/h6-9,11,13H,2-5,10H2,1H3,(H,18,19)/b9-7+/t11-,13-/m1/s1. The van der Waals surface area contributed by atoms with Crippen molar-refractivity contribution in [3.63, 3.8) is 0 Å². The number of carbonyl (C=O) groups excluding carboxylic acids is 2. The summed E-state index contributed by atoms with van der Waals surface area (Å²) in [5, 5.41) is 2.94. The summed E-state index contributed by atoms with van der Waals surface area (Å²) in [6.07, 6.45) is 7.21. The van der Waals surface area contributed by atoms with E-state index >= 15 is 0 Å². The van der Waals surface area contributed by atoms with E-state index in [1.807, 2.05) is 0 Å². The molecule has 120 valence electrons. The van der Waals surface area contributed by atoms with Crippen molar-refractivity contribution in [1.82, 2.24) is 5.32 Å². The summed E-state index contributed by atoms with van der Waals surface area (Å²) in [5.41, 5.74) is 0. The Morgan fingerprint density at radius 3 is 2.86 bits per heavy atom. The van der Waals surface area contributed by atoms with Crippen LogP contribution in [0.1, 0.15) is 38.4 Å². The van der Waals surface area contributed by atoms with Crippen LogP contribution in [0.2, 0.25) is 0 Å². The highest BCUT2D eigenvalue weighted by atomic mass is 79.9. The van der Waals surface area contributed by atoms with Crippen molar-refractivity contribution in [2.24, 2.45) is 5.92 Å². The molecule has 0 bridgehead atoms. The molecule has 1 saturated carbocycles. The third-order valence-corrected chi connectivity index (χ3v) is 4.21. The average molecular weight is 370 g/mol. The minimum Gasteiger partial charge on any atom is -0.452 e. The van der Waals surface area contributed by atoms with Crippen LogP contribution in [0, 0.1) is 5.92 Å². The molecular formula is C16H20BrNO4. The van der Waals surface area contributed by atoms with E-state index < -0.39 is 5.97 Å². The summed E-state index contributed by atoms with van der Waals surface area (Å²) in [5.74, 6) is 0.190. The summed E-state index contributed by atoms with van der Waals surface area (Å²) in [6, 6.07) is 3.63. The molecule has 2 atom stereocenters. The third kappa shape index (κ3) is 5.33. The zero-order valence-corrected chi connectivity index (χ0v) is 14.1. The number of carbonyl (C=O) groups is 2. The lowest BCUT2D eigenvalue weighted by Crippen LogP contribution is -2.42. The largest absolute Gasteiger partial charge is 0.452 e. The minimum absolute atomic E-state index is 0.191. The van der Waals surface area contributed by atoms with Crippen LogP contribution in [0.5, 0.6) is 0 Å². The van der Waals surface area contributed by atoms with Crippen molar-refractivity contribution >= 4 is 33.9 Å². The molecule has 5 nitrogen and oxygen atoms in total. The lowest BCUT2D eigenvalue weighted by Gasteiger charge is -2.29. The molecule has 1 amide bonds. The first-order valence-electron chi connectivity index (χ1n) is 7.44. The van der Waals surface area contributed by atoms with Gasteiger partial charge in [0.05, 0.1) is 0 Å². The molecule has 0 aliphatic heterocycles. The zero-order valence-electron chi connectivity index (χ0n) is 12.5. The van der Waals surface area contributed by atoms with E-state index in [1.165, 1.54) is 18.6 Å². The first-order valence-corrected chi connectivity index (χ1v) is 8.23. The lowest BCUT2D eigenvalue weighted by atomic mass is 9.86. The molecule has 1 aromatic heterocycles. The van der Waals surface area contributed by atoms with Crippen molar-refractivity contribution < 1.29 is 18.7 Å². The second kappa shape index (κ2) is 8.17. The average Bonchev–Trinajstić information content (AvgIpc) is 2.91. The van der Waals surface area contributed by atoms with Gasteiger partial charge < -0.3 is 14.5 Å². The molecule has 1 fully saturated rings. The first kappa shape index (κ1) is 16.8. The fourth-order valence-electron chi connectivity index (χ4n) is 2.53. The number of amides is 1. The van der Waals surface area contributed by atoms with Gasteiger partial charge in [0, 0.05) is 12.1 Å². The highest BCUT2D eigenvalue weighted by molar-refractivity contribution is 9.10. The zero-order chi connectivity index (χ0) is 15.9. The summed E-state index contributed by atoms with van der Waals surface area (Å²) < 4.78 is 10.7. The molecular weight excluding hydrogens is 350 g/mol. The summed E-state index contributed by atoms with van der Waals surface area (Å²) in [7, 11) is 0. The van der Waals surface area contributed by atoms with Crippen molar-refractivity contribution in [3.05, 3.63) is 28.6 Å². The quantitative estimate of drug-likeness (QED) is 0.638. The smallest absolute Gasteiger partial charge is 0.331 e. The summed E-state index contributed by atoms with van der Waals surface area (Å²) in [4.78, 5) is 23.3. The summed E-state index contributed by atoms with van der Waals surface area (Å²) >= 11 is 3.17. The molecule has 6 heteroatoms. The Morgan fingerprint density at radius 2 is 2.18 bits per heavy atom. The molecule has 0 spiro atoms. The Bertz CT molecular complexity index is 552. The molecule has 1 aromatic rings. The van der Waals surface area contributed by atoms with Gasteiger partial charge in [-0.1, -0.05) is 19.8 Å². The molecule has 0 aromatic carbocycles. The highest BCUT2D eigenvalue weighted by Gasteiger charge is 2.22. The fraction of sp³-hybridized carbons (Fsp3) is 0.500. The van der Waals surface area contributed by atoms with Crippen molar-refractivity contribution in [1.29, 1.82) is 0 Å². The van der Waals surface area contributed by atoms with Crippen molar-refractivity contribution in [3.8, 4) is 0 Å². The maximum absolute atomic E-state index is 11.8. The number of hydrogen-bond donors (Lipinski definition) is 1. The maximum Gasteiger partial charge on any atom is 0.331 e. The number of furan rings is 1. The molecule has 2 rings (SSSR count). The van der Waals surface area contributed by atoms with Gasteiger partial charge in [0.25, 0.3) is 5.91 Å². The van der Waals surface area contributed by atoms with Gasteiger partial charge in [-0.3, -0.25) is 4.79 Å². The van der Waals surface area contributed by atoms with Gasteiger partial charge in [-0.2, -0.15) is 0 Å². The number of hydrogen-bond acceptors (Lipinski definition) is 4. The Balaban J connectivity index is 1.71. The number of halogens is 1. The molecule has 0 saturated heterocycles. The van der Waals surface area contributed by atoms with Gasteiger partial charge in [-0.05, 0) is 52.9 Å². The Kier molecular flexibility index (Phi) is 6.24. The fourth-order valence-corrected chi connectivity index (χ4v) is 2.85. The third-order valence-electron chi connectivity index (χ3n) is 3.78. The topological polar surface area (TPSA) is 68.5 Å². The number of ether oxygens (including phenoxy) is 1. The molecule has 0 radical (unpaired) electrons. The van der Waals surface area contributed by atoms with Crippen LogP contribution in [-0.2, 0) is 14.3 Å². The van der Waals surface area contributed by atoms with Gasteiger partial charge in [-0.15, -0.1) is 0 Å². The van der Waals surface area contributed by atoms with Gasteiger partial charge in [0.15, 0.2) is 11.3 Å².